The van der Waals surface area contributed by atoms with Crippen molar-refractivity contribution in [3.63, 3.8) is 0 Å². The van der Waals surface area contributed by atoms with Gasteiger partial charge in [0.1, 0.15) is 5.75 Å². The third-order valence-corrected chi connectivity index (χ3v) is 3.69. The van der Waals surface area contributed by atoms with Gasteiger partial charge in [-0.3, -0.25) is 0 Å². The van der Waals surface area contributed by atoms with Crippen molar-refractivity contribution in [3.05, 3.63) is 29.6 Å². The maximum atomic E-state index is 5.37. The summed E-state index contributed by atoms with van der Waals surface area (Å²) in [5, 5.41) is 6.41. The molecule has 0 aliphatic heterocycles. The summed E-state index contributed by atoms with van der Waals surface area (Å²) in [6.07, 6.45) is 1.16. The number of hydrogen-bond acceptors (Lipinski definition) is 4. The fourth-order valence-electron chi connectivity index (χ4n) is 1.80. The smallest absolute Gasteiger partial charge is 0.183 e. The van der Waals surface area contributed by atoms with Crippen molar-refractivity contribution in [2.75, 3.05) is 19.0 Å². The van der Waals surface area contributed by atoms with Crippen molar-refractivity contribution in [1.82, 2.24) is 4.98 Å². The number of thiazole rings is 1. The van der Waals surface area contributed by atoms with Crippen molar-refractivity contribution < 1.29 is 4.74 Å². The molecule has 0 aliphatic carbocycles. The van der Waals surface area contributed by atoms with E-state index in [0.717, 1.165) is 35.1 Å². The van der Waals surface area contributed by atoms with Gasteiger partial charge >= 0.3 is 0 Å². The molecule has 0 unspecified atom stereocenters. The number of nitrogens with one attached hydrogen (secondary N) is 1. The zero-order valence-electron chi connectivity index (χ0n) is 11.6. The summed E-state index contributed by atoms with van der Waals surface area (Å²) in [6, 6.07) is 7.96. The highest BCUT2D eigenvalue weighted by atomic mass is 32.1. The molecule has 1 aromatic carbocycles. The van der Waals surface area contributed by atoms with Gasteiger partial charge in [-0.25, -0.2) is 4.98 Å². The van der Waals surface area contributed by atoms with E-state index in [4.69, 9.17) is 4.74 Å². The van der Waals surface area contributed by atoms with Crippen LogP contribution in [-0.4, -0.2) is 18.6 Å². The van der Waals surface area contributed by atoms with Crippen molar-refractivity contribution in [1.29, 1.82) is 0 Å². The molecule has 0 radical (unpaired) electrons. The molecular weight excluding hydrogens is 256 g/mol. The number of para-hydroxylation sites is 1. The largest absolute Gasteiger partial charge is 0.496 e. The zero-order valence-corrected chi connectivity index (χ0v) is 12.5. The lowest BCUT2D eigenvalue weighted by molar-refractivity contribution is 0.416. The van der Waals surface area contributed by atoms with E-state index in [1.54, 1.807) is 18.4 Å². The highest BCUT2D eigenvalue weighted by Crippen LogP contribution is 2.31. The third kappa shape index (κ3) is 3.70. The topological polar surface area (TPSA) is 34.1 Å². The summed E-state index contributed by atoms with van der Waals surface area (Å²) < 4.78 is 5.37. The maximum Gasteiger partial charge on any atom is 0.183 e. The van der Waals surface area contributed by atoms with E-state index in [1.807, 2.05) is 24.3 Å². The minimum atomic E-state index is 0.709. The summed E-state index contributed by atoms with van der Waals surface area (Å²) in [7, 11) is 1.69. The number of ether oxygens (including phenoxy) is 1. The Kier molecular flexibility index (Phi) is 4.80. The fraction of sp³-hybridized carbons (Fsp3) is 0.400. The Morgan fingerprint density at radius 3 is 2.84 bits per heavy atom. The fourth-order valence-corrected chi connectivity index (χ4v) is 2.54. The number of anilines is 1. The molecule has 0 saturated heterocycles. The molecule has 4 heteroatoms. The Balaban J connectivity index is 2.08. The van der Waals surface area contributed by atoms with Crippen LogP contribution in [0, 0.1) is 5.92 Å². The molecule has 1 heterocycles. The van der Waals surface area contributed by atoms with Gasteiger partial charge in [0.2, 0.25) is 0 Å². The van der Waals surface area contributed by atoms with Crippen LogP contribution < -0.4 is 10.1 Å². The molecule has 0 bridgehead atoms. The van der Waals surface area contributed by atoms with Crippen LogP contribution in [0.2, 0.25) is 0 Å². The van der Waals surface area contributed by atoms with E-state index < -0.39 is 0 Å². The number of nitrogens with zero attached hydrogens (tertiary/aromatic N) is 1. The summed E-state index contributed by atoms with van der Waals surface area (Å²) >= 11 is 1.64. The van der Waals surface area contributed by atoms with Gasteiger partial charge in [0.15, 0.2) is 5.13 Å². The first-order valence-electron chi connectivity index (χ1n) is 6.53. The lowest BCUT2D eigenvalue weighted by Crippen LogP contribution is -2.04. The van der Waals surface area contributed by atoms with Crippen molar-refractivity contribution >= 4 is 16.5 Å². The minimum absolute atomic E-state index is 0.709. The molecule has 1 N–H and O–H groups in total. The predicted octanol–water partition coefficient (Wildman–Crippen LogP) is 4.28. The Morgan fingerprint density at radius 2 is 2.11 bits per heavy atom. The summed E-state index contributed by atoms with van der Waals surface area (Å²) in [4.78, 5) is 4.61. The number of methoxy groups -OCH3 is 1. The Bertz CT molecular complexity index is 522. The molecule has 3 nitrogen and oxygen atoms in total. The second-order valence-corrected chi connectivity index (χ2v) is 5.71. The molecule has 2 aromatic rings. The van der Waals surface area contributed by atoms with E-state index in [2.05, 4.69) is 29.5 Å². The molecule has 0 amide bonds. The van der Waals surface area contributed by atoms with Gasteiger partial charge in [0.05, 0.1) is 12.8 Å². The Hall–Kier alpha value is -1.55. The van der Waals surface area contributed by atoms with Gasteiger partial charge in [-0.2, -0.15) is 0 Å². The van der Waals surface area contributed by atoms with Gasteiger partial charge < -0.3 is 10.1 Å². The molecule has 19 heavy (non-hydrogen) atoms. The minimum Gasteiger partial charge on any atom is -0.496 e. The van der Waals surface area contributed by atoms with Crippen LogP contribution in [0.15, 0.2) is 29.6 Å². The first-order valence-corrected chi connectivity index (χ1v) is 7.41. The average molecular weight is 276 g/mol. The molecular formula is C15H20N2OS. The van der Waals surface area contributed by atoms with E-state index in [1.165, 1.54) is 0 Å². The first kappa shape index (κ1) is 13.9. The maximum absolute atomic E-state index is 5.37. The molecule has 1 aromatic heterocycles. The highest BCUT2D eigenvalue weighted by molar-refractivity contribution is 7.14. The average Bonchev–Trinajstić information content (AvgIpc) is 2.87. The normalized spacial score (nSPS) is 10.7. The number of benzene rings is 1. The first-order chi connectivity index (χ1) is 9.20. The molecule has 0 spiro atoms. The van der Waals surface area contributed by atoms with E-state index in [-0.39, 0.29) is 0 Å². The van der Waals surface area contributed by atoms with Gasteiger partial charge in [-0.15, -0.1) is 11.3 Å². The lowest BCUT2D eigenvalue weighted by atomic mass is 10.1. The standard InChI is InChI=1S/C15H20N2OS/c1-11(2)8-9-16-15-17-13(10-19-15)12-6-4-5-7-14(12)18-3/h4-7,10-11H,8-9H2,1-3H3,(H,16,17). The quantitative estimate of drug-likeness (QED) is 0.855. The molecule has 102 valence electrons. The number of rotatable bonds is 6. The third-order valence-electron chi connectivity index (χ3n) is 2.89. The van der Waals surface area contributed by atoms with Gasteiger partial charge in [-0.05, 0) is 24.5 Å². The molecule has 0 aliphatic rings. The van der Waals surface area contributed by atoms with Gasteiger partial charge in [0, 0.05) is 17.5 Å². The second-order valence-electron chi connectivity index (χ2n) is 4.85. The van der Waals surface area contributed by atoms with Crippen LogP contribution in [0.1, 0.15) is 20.3 Å². The summed E-state index contributed by atoms with van der Waals surface area (Å²) in [5.41, 5.74) is 2.01. The SMILES string of the molecule is COc1ccccc1-c1csc(NCCC(C)C)n1. The Labute approximate surface area is 118 Å². The zero-order chi connectivity index (χ0) is 13.7. The van der Waals surface area contributed by atoms with Crippen LogP contribution in [0.25, 0.3) is 11.3 Å². The summed E-state index contributed by atoms with van der Waals surface area (Å²) in [6.45, 7) is 5.42. The van der Waals surface area contributed by atoms with Crippen LogP contribution >= 0.6 is 11.3 Å². The number of hydrogen-bond donors (Lipinski definition) is 1. The monoisotopic (exact) mass is 276 g/mol. The van der Waals surface area contributed by atoms with Crippen LogP contribution in [-0.2, 0) is 0 Å². The number of aromatic nitrogens is 1. The van der Waals surface area contributed by atoms with Gasteiger partial charge in [-0.1, -0.05) is 26.0 Å². The molecule has 0 saturated carbocycles. The predicted molar refractivity (Wildman–Crippen MR) is 82.0 cm³/mol. The molecule has 0 atom stereocenters. The van der Waals surface area contributed by atoms with Gasteiger partial charge in [0.25, 0.3) is 0 Å². The Morgan fingerprint density at radius 1 is 1.32 bits per heavy atom. The summed E-state index contributed by atoms with van der Waals surface area (Å²) in [5.74, 6) is 1.57. The molecule has 0 fully saturated rings. The van der Waals surface area contributed by atoms with Crippen molar-refractivity contribution in [2.24, 2.45) is 5.92 Å². The van der Waals surface area contributed by atoms with E-state index >= 15 is 0 Å². The van der Waals surface area contributed by atoms with Crippen LogP contribution in [0.4, 0.5) is 5.13 Å². The van der Waals surface area contributed by atoms with E-state index in [9.17, 15) is 0 Å². The van der Waals surface area contributed by atoms with E-state index in [0.29, 0.717) is 5.92 Å². The van der Waals surface area contributed by atoms with Crippen molar-refractivity contribution in [3.8, 4) is 17.0 Å². The van der Waals surface area contributed by atoms with Crippen molar-refractivity contribution in [2.45, 2.75) is 20.3 Å². The second kappa shape index (κ2) is 6.57. The lowest BCUT2D eigenvalue weighted by Gasteiger charge is -2.06. The highest BCUT2D eigenvalue weighted by Gasteiger charge is 2.09. The molecule has 2 rings (SSSR count). The van der Waals surface area contributed by atoms with Crippen LogP contribution in [0.5, 0.6) is 5.75 Å². The van der Waals surface area contributed by atoms with Crippen LogP contribution in [0.3, 0.4) is 0 Å².